The molecule has 0 saturated carbocycles. The summed E-state index contributed by atoms with van der Waals surface area (Å²) in [6, 6.07) is 5.99. The third-order valence-corrected chi connectivity index (χ3v) is 4.67. The van der Waals surface area contributed by atoms with Gasteiger partial charge in [0.2, 0.25) is 5.91 Å². The summed E-state index contributed by atoms with van der Waals surface area (Å²) >= 11 is 0. The maximum absolute atomic E-state index is 13.2. The molecule has 27 heavy (non-hydrogen) atoms. The molecule has 1 aromatic carbocycles. The minimum Gasteiger partial charge on any atom is -0.351 e. The zero-order valence-electron chi connectivity index (χ0n) is 15.2. The number of halogens is 1. The molecule has 2 aromatic heterocycles. The van der Waals surface area contributed by atoms with Crippen LogP contribution in [0.5, 0.6) is 0 Å². The first-order valence-electron chi connectivity index (χ1n) is 8.90. The van der Waals surface area contributed by atoms with Crippen molar-refractivity contribution in [2.24, 2.45) is 5.92 Å². The van der Waals surface area contributed by atoms with E-state index in [2.05, 4.69) is 25.2 Å². The fraction of sp³-hybridized carbons (Fsp3) is 0.389. The molecule has 1 aliphatic rings. The second-order valence-corrected chi connectivity index (χ2v) is 6.81. The van der Waals surface area contributed by atoms with Crippen molar-refractivity contribution in [3.8, 4) is 5.69 Å². The van der Waals surface area contributed by atoms with E-state index < -0.39 is 0 Å². The Labute approximate surface area is 155 Å². The molecule has 0 spiro atoms. The van der Waals surface area contributed by atoms with Crippen LogP contribution in [0.2, 0.25) is 0 Å². The van der Waals surface area contributed by atoms with Crippen molar-refractivity contribution < 1.29 is 9.18 Å². The van der Waals surface area contributed by atoms with E-state index in [1.165, 1.54) is 18.5 Å². The lowest BCUT2D eigenvalue weighted by molar-refractivity contribution is -0.134. The zero-order valence-corrected chi connectivity index (χ0v) is 15.2. The Morgan fingerprint density at radius 3 is 2.44 bits per heavy atom. The van der Waals surface area contributed by atoms with E-state index >= 15 is 0 Å². The van der Waals surface area contributed by atoms with E-state index in [0.717, 1.165) is 0 Å². The van der Waals surface area contributed by atoms with Gasteiger partial charge >= 0.3 is 0 Å². The normalized spacial score (nSPS) is 15.0. The van der Waals surface area contributed by atoms with Gasteiger partial charge in [-0.25, -0.2) is 14.4 Å². The van der Waals surface area contributed by atoms with Crippen LogP contribution in [0.1, 0.15) is 13.8 Å². The quantitative estimate of drug-likeness (QED) is 0.698. The molecule has 0 unspecified atom stereocenters. The van der Waals surface area contributed by atoms with E-state index in [1.807, 2.05) is 18.7 Å². The van der Waals surface area contributed by atoms with Crippen LogP contribution in [0.4, 0.5) is 10.2 Å². The number of piperazine rings is 1. The number of amides is 1. The van der Waals surface area contributed by atoms with E-state index in [1.54, 1.807) is 16.8 Å². The van der Waals surface area contributed by atoms with E-state index in [-0.39, 0.29) is 17.6 Å². The molecule has 0 bridgehead atoms. The van der Waals surface area contributed by atoms with Crippen molar-refractivity contribution in [3.63, 3.8) is 0 Å². The molecule has 0 atom stereocenters. The number of hydrogen-bond acceptors (Lipinski definition) is 6. The Morgan fingerprint density at radius 1 is 1.07 bits per heavy atom. The van der Waals surface area contributed by atoms with Gasteiger partial charge in [-0.15, -0.1) is 5.10 Å². The summed E-state index contributed by atoms with van der Waals surface area (Å²) in [6.07, 6.45) is 1.48. The Kier molecular flexibility index (Phi) is 4.43. The Hall–Kier alpha value is -3.10. The summed E-state index contributed by atoms with van der Waals surface area (Å²) in [4.78, 5) is 24.8. The molecular weight excluding hydrogens is 349 g/mol. The molecular formula is C18H20FN7O. The lowest BCUT2D eigenvalue weighted by atomic mass is 10.1. The number of nitrogens with zero attached hydrogens (tertiary/aromatic N) is 7. The molecule has 0 N–H and O–H groups in total. The number of fused-ring (bicyclic) bond motifs is 1. The summed E-state index contributed by atoms with van der Waals surface area (Å²) in [6.45, 7) is 6.47. The molecule has 8 nitrogen and oxygen atoms in total. The molecule has 140 valence electrons. The minimum absolute atomic E-state index is 0.00193. The monoisotopic (exact) mass is 369 g/mol. The van der Waals surface area contributed by atoms with Gasteiger partial charge in [-0.3, -0.25) is 4.79 Å². The molecule has 1 amide bonds. The average Bonchev–Trinajstić information content (AvgIpc) is 3.12. The lowest BCUT2D eigenvalue weighted by Crippen LogP contribution is -2.50. The third kappa shape index (κ3) is 3.20. The summed E-state index contributed by atoms with van der Waals surface area (Å²) in [7, 11) is 0. The smallest absolute Gasteiger partial charge is 0.225 e. The van der Waals surface area contributed by atoms with Crippen molar-refractivity contribution in [1.82, 2.24) is 29.9 Å². The second-order valence-electron chi connectivity index (χ2n) is 6.81. The van der Waals surface area contributed by atoms with Crippen LogP contribution >= 0.6 is 0 Å². The number of aromatic nitrogens is 5. The van der Waals surface area contributed by atoms with Crippen molar-refractivity contribution in [3.05, 3.63) is 36.4 Å². The fourth-order valence-corrected chi connectivity index (χ4v) is 3.23. The molecule has 0 aliphatic carbocycles. The highest BCUT2D eigenvalue weighted by Gasteiger charge is 2.25. The van der Waals surface area contributed by atoms with Gasteiger partial charge < -0.3 is 9.80 Å². The van der Waals surface area contributed by atoms with E-state index in [9.17, 15) is 9.18 Å². The molecule has 1 fully saturated rings. The van der Waals surface area contributed by atoms with Crippen LogP contribution < -0.4 is 4.90 Å². The Balaban J connectivity index is 1.61. The maximum atomic E-state index is 13.2. The van der Waals surface area contributed by atoms with Crippen molar-refractivity contribution in [2.75, 3.05) is 31.1 Å². The SMILES string of the molecule is CC(C)C(=O)N1CCN(c2ncnc3c2nnn3-c2ccc(F)cc2)CC1. The van der Waals surface area contributed by atoms with Crippen LogP contribution in [-0.4, -0.2) is 61.9 Å². The lowest BCUT2D eigenvalue weighted by Gasteiger charge is -2.36. The van der Waals surface area contributed by atoms with E-state index in [0.29, 0.717) is 48.8 Å². The minimum atomic E-state index is -0.313. The van der Waals surface area contributed by atoms with Crippen LogP contribution in [0.15, 0.2) is 30.6 Å². The van der Waals surface area contributed by atoms with Crippen molar-refractivity contribution in [1.29, 1.82) is 0 Å². The molecule has 1 saturated heterocycles. The number of anilines is 1. The number of hydrogen-bond donors (Lipinski definition) is 0. The topological polar surface area (TPSA) is 80.0 Å². The first-order valence-corrected chi connectivity index (χ1v) is 8.90. The van der Waals surface area contributed by atoms with Crippen LogP contribution in [0.3, 0.4) is 0 Å². The van der Waals surface area contributed by atoms with E-state index in [4.69, 9.17) is 0 Å². The highest BCUT2D eigenvalue weighted by atomic mass is 19.1. The van der Waals surface area contributed by atoms with Crippen molar-refractivity contribution >= 4 is 22.9 Å². The first-order chi connectivity index (χ1) is 13.0. The van der Waals surface area contributed by atoms with Gasteiger partial charge in [0.25, 0.3) is 0 Å². The van der Waals surface area contributed by atoms with Gasteiger partial charge in [-0.1, -0.05) is 19.1 Å². The highest BCUT2D eigenvalue weighted by Crippen LogP contribution is 2.24. The number of rotatable bonds is 3. The van der Waals surface area contributed by atoms with Gasteiger partial charge in [-0.05, 0) is 24.3 Å². The van der Waals surface area contributed by atoms with Crippen LogP contribution in [0, 0.1) is 11.7 Å². The first kappa shape index (κ1) is 17.3. The Bertz CT molecular complexity index is 962. The maximum Gasteiger partial charge on any atom is 0.225 e. The van der Waals surface area contributed by atoms with Gasteiger partial charge in [-0.2, -0.15) is 4.68 Å². The van der Waals surface area contributed by atoms with Crippen LogP contribution in [-0.2, 0) is 4.79 Å². The predicted octanol–water partition coefficient (Wildman–Crippen LogP) is 1.65. The molecule has 1 aliphatic heterocycles. The number of carbonyl (C=O) groups is 1. The van der Waals surface area contributed by atoms with Gasteiger partial charge in [0, 0.05) is 32.1 Å². The average molecular weight is 369 g/mol. The van der Waals surface area contributed by atoms with Crippen molar-refractivity contribution in [2.45, 2.75) is 13.8 Å². The highest BCUT2D eigenvalue weighted by molar-refractivity contribution is 5.84. The standard InChI is InChI=1S/C18H20FN7O/c1-12(2)18(27)25-9-7-24(8-10-25)16-15-17(21-11-20-16)26(23-22-15)14-5-3-13(19)4-6-14/h3-6,11-12H,7-10H2,1-2H3. The number of carbonyl (C=O) groups excluding carboxylic acids is 1. The van der Waals surface area contributed by atoms with Gasteiger partial charge in [0.1, 0.15) is 12.1 Å². The molecule has 9 heteroatoms. The molecule has 3 heterocycles. The summed E-state index contributed by atoms with van der Waals surface area (Å²) in [5, 5.41) is 8.41. The van der Waals surface area contributed by atoms with Gasteiger partial charge in [0.05, 0.1) is 5.69 Å². The Morgan fingerprint density at radius 2 is 1.78 bits per heavy atom. The van der Waals surface area contributed by atoms with Crippen LogP contribution in [0.25, 0.3) is 16.9 Å². The third-order valence-electron chi connectivity index (χ3n) is 4.67. The molecule has 4 rings (SSSR count). The molecule has 3 aromatic rings. The molecule has 0 radical (unpaired) electrons. The largest absolute Gasteiger partial charge is 0.351 e. The zero-order chi connectivity index (χ0) is 19.0. The second kappa shape index (κ2) is 6.90. The summed E-state index contributed by atoms with van der Waals surface area (Å²) in [5.74, 6) is 0.556. The predicted molar refractivity (Wildman–Crippen MR) is 98.0 cm³/mol. The fourth-order valence-electron chi connectivity index (χ4n) is 3.23. The summed E-state index contributed by atoms with van der Waals surface area (Å²) in [5.41, 5.74) is 1.83. The number of benzene rings is 1. The summed E-state index contributed by atoms with van der Waals surface area (Å²) < 4.78 is 14.7. The van der Waals surface area contributed by atoms with Gasteiger partial charge in [0.15, 0.2) is 17.0 Å².